The summed E-state index contributed by atoms with van der Waals surface area (Å²) < 4.78 is 0.836. The van der Waals surface area contributed by atoms with E-state index in [2.05, 4.69) is 24.4 Å². The normalized spacial score (nSPS) is 12.6. The molecule has 2 rings (SSSR count). The van der Waals surface area contributed by atoms with Gasteiger partial charge in [-0.3, -0.25) is 0 Å². The number of thiophene rings is 1. The molecule has 102 valence electrons. The molecule has 1 atom stereocenters. The SMILES string of the molecule is CCCNC(Cc1ccc(Cl)s1)c1ccccc1Cl. The van der Waals surface area contributed by atoms with Gasteiger partial charge in [0.15, 0.2) is 0 Å². The second-order valence-corrected chi connectivity index (χ2v) is 6.65. The van der Waals surface area contributed by atoms with E-state index in [1.54, 1.807) is 11.3 Å². The molecule has 0 saturated heterocycles. The zero-order valence-electron chi connectivity index (χ0n) is 10.8. The first-order valence-electron chi connectivity index (χ1n) is 6.42. The zero-order valence-corrected chi connectivity index (χ0v) is 13.2. The van der Waals surface area contributed by atoms with Crippen molar-refractivity contribution in [1.82, 2.24) is 5.32 Å². The fourth-order valence-corrected chi connectivity index (χ4v) is 3.43. The van der Waals surface area contributed by atoms with Crippen LogP contribution < -0.4 is 5.32 Å². The minimum Gasteiger partial charge on any atom is -0.310 e. The van der Waals surface area contributed by atoms with Crippen LogP contribution >= 0.6 is 34.5 Å². The van der Waals surface area contributed by atoms with Crippen LogP contribution in [-0.4, -0.2) is 6.54 Å². The van der Waals surface area contributed by atoms with Crippen molar-refractivity contribution in [2.24, 2.45) is 0 Å². The van der Waals surface area contributed by atoms with Gasteiger partial charge < -0.3 is 5.32 Å². The molecule has 1 aromatic heterocycles. The van der Waals surface area contributed by atoms with Gasteiger partial charge in [-0.05, 0) is 36.7 Å². The molecule has 0 aliphatic heterocycles. The van der Waals surface area contributed by atoms with E-state index >= 15 is 0 Å². The van der Waals surface area contributed by atoms with Crippen molar-refractivity contribution in [3.05, 3.63) is 56.2 Å². The summed E-state index contributed by atoms with van der Waals surface area (Å²) in [5, 5.41) is 4.38. The summed E-state index contributed by atoms with van der Waals surface area (Å²) in [7, 11) is 0. The number of hydrogen-bond acceptors (Lipinski definition) is 2. The Hall–Kier alpha value is -0.540. The fourth-order valence-electron chi connectivity index (χ4n) is 2.03. The van der Waals surface area contributed by atoms with Gasteiger partial charge in [0.25, 0.3) is 0 Å². The molecule has 0 radical (unpaired) electrons. The summed E-state index contributed by atoms with van der Waals surface area (Å²) in [5.41, 5.74) is 1.15. The van der Waals surface area contributed by atoms with Crippen LogP contribution in [0.25, 0.3) is 0 Å². The third-order valence-corrected chi connectivity index (χ3v) is 4.55. The standard InChI is InChI=1S/C15H17Cl2NS/c1-2-9-18-14(10-11-7-8-15(17)19-11)12-5-3-4-6-13(12)16/h3-8,14,18H,2,9-10H2,1H3. The van der Waals surface area contributed by atoms with Gasteiger partial charge in [0.05, 0.1) is 4.34 Å². The van der Waals surface area contributed by atoms with Crippen molar-refractivity contribution in [3.63, 3.8) is 0 Å². The number of halogens is 2. The summed E-state index contributed by atoms with van der Waals surface area (Å²) in [5.74, 6) is 0. The Bertz CT molecular complexity index is 524. The highest BCUT2D eigenvalue weighted by Crippen LogP contribution is 2.29. The van der Waals surface area contributed by atoms with E-state index in [4.69, 9.17) is 23.2 Å². The van der Waals surface area contributed by atoms with Gasteiger partial charge in [-0.25, -0.2) is 0 Å². The van der Waals surface area contributed by atoms with Crippen LogP contribution in [0.3, 0.4) is 0 Å². The molecular formula is C15H17Cl2NS. The Kier molecular flexibility index (Phi) is 5.71. The van der Waals surface area contributed by atoms with Gasteiger partial charge in [-0.1, -0.05) is 48.3 Å². The first-order valence-corrected chi connectivity index (χ1v) is 8.00. The zero-order chi connectivity index (χ0) is 13.7. The van der Waals surface area contributed by atoms with Crippen molar-refractivity contribution >= 4 is 34.5 Å². The van der Waals surface area contributed by atoms with Crippen LogP contribution in [0, 0.1) is 0 Å². The van der Waals surface area contributed by atoms with Crippen LogP contribution in [-0.2, 0) is 6.42 Å². The highest BCUT2D eigenvalue weighted by atomic mass is 35.5. The largest absolute Gasteiger partial charge is 0.310 e. The topological polar surface area (TPSA) is 12.0 Å². The molecule has 0 amide bonds. The lowest BCUT2D eigenvalue weighted by Crippen LogP contribution is -2.24. The number of hydrogen-bond donors (Lipinski definition) is 1. The molecule has 0 saturated carbocycles. The summed E-state index contributed by atoms with van der Waals surface area (Å²) in [4.78, 5) is 1.28. The molecule has 1 nitrogen and oxygen atoms in total. The minimum atomic E-state index is 0.239. The van der Waals surface area contributed by atoms with Crippen LogP contribution in [0.1, 0.15) is 29.8 Å². The summed E-state index contributed by atoms with van der Waals surface area (Å²) in [6, 6.07) is 12.3. The molecular weight excluding hydrogens is 297 g/mol. The van der Waals surface area contributed by atoms with Gasteiger partial charge in [-0.2, -0.15) is 0 Å². The Balaban J connectivity index is 2.18. The quantitative estimate of drug-likeness (QED) is 0.759. The Morgan fingerprint density at radius 2 is 1.95 bits per heavy atom. The van der Waals surface area contributed by atoms with Gasteiger partial charge in [0.1, 0.15) is 0 Å². The molecule has 0 fully saturated rings. The number of benzene rings is 1. The third-order valence-electron chi connectivity index (χ3n) is 2.96. The minimum absolute atomic E-state index is 0.239. The highest BCUT2D eigenvalue weighted by Gasteiger charge is 2.15. The van der Waals surface area contributed by atoms with E-state index < -0.39 is 0 Å². The summed E-state index contributed by atoms with van der Waals surface area (Å²) in [6.07, 6.45) is 2.02. The number of rotatable bonds is 6. The van der Waals surface area contributed by atoms with Gasteiger partial charge >= 0.3 is 0 Å². The van der Waals surface area contributed by atoms with Crippen LogP contribution in [0.2, 0.25) is 9.36 Å². The lowest BCUT2D eigenvalue weighted by atomic mass is 10.0. The van der Waals surface area contributed by atoms with Gasteiger partial charge in [-0.15, -0.1) is 11.3 Å². The van der Waals surface area contributed by atoms with E-state index in [9.17, 15) is 0 Å². The Labute approximate surface area is 128 Å². The van der Waals surface area contributed by atoms with Crippen LogP contribution in [0.5, 0.6) is 0 Å². The maximum absolute atomic E-state index is 6.31. The molecule has 0 aliphatic rings. The maximum Gasteiger partial charge on any atom is 0.0931 e. The summed E-state index contributed by atoms with van der Waals surface area (Å²) in [6.45, 7) is 3.15. The lowest BCUT2D eigenvalue weighted by molar-refractivity contribution is 0.532. The predicted molar refractivity (Wildman–Crippen MR) is 85.5 cm³/mol. The molecule has 1 N–H and O–H groups in total. The van der Waals surface area contributed by atoms with Crippen molar-refractivity contribution in [2.45, 2.75) is 25.8 Å². The smallest absolute Gasteiger partial charge is 0.0931 e. The Morgan fingerprint density at radius 1 is 1.16 bits per heavy atom. The first-order chi connectivity index (χ1) is 9.20. The molecule has 4 heteroatoms. The van der Waals surface area contributed by atoms with Gasteiger partial charge in [0, 0.05) is 22.4 Å². The Morgan fingerprint density at radius 3 is 2.58 bits per heavy atom. The third kappa shape index (κ3) is 4.22. The van der Waals surface area contributed by atoms with Crippen molar-refractivity contribution < 1.29 is 0 Å². The maximum atomic E-state index is 6.31. The summed E-state index contributed by atoms with van der Waals surface area (Å²) >= 11 is 13.9. The predicted octanol–water partition coefficient (Wildman–Crippen LogP) is 5.34. The molecule has 19 heavy (non-hydrogen) atoms. The monoisotopic (exact) mass is 313 g/mol. The molecule has 2 aromatic rings. The van der Waals surface area contributed by atoms with Gasteiger partial charge in [0.2, 0.25) is 0 Å². The molecule has 1 unspecified atom stereocenters. The van der Waals surface area contributed by atoms with E-state index in [-0.39, 0.29) is 6.04 Å². The average Bonchev–Trinajstić information content (AvgIpc) is 2.81. The highest BCUT2D eigenvalue weighted by molar-refractivity contribution is 7.16. The number of nitrogens with one attached hydrogen (secondary N) is 1. The van der Waals surface area contributed by atoms with Crippen molar-refractivity contribution in [3.8, 4) is 0 Å². The van der Waals surface area contributed by atoms with E-state index in [0.717, 1.165) is 34.3 Å². The van der Waals surface area contributed by atoms with Crippen LogP contribution in [0.15, 0.2) is 36.4 Å². The lowest BCUT2D eigenvalue weighted by Gasteiger charge is -2.19. The van der Waals surface area contributed by atoms with Crippen molar-refractivity contribution in [1.29, 1.82) is 0 Å². The van der Waals surface area contributed by atoms with Crippen molar-refractivity contribution in [2.75, 3.05) is 6.54 Å². The second kappa shape index (κ2) is 7.30. The molecule has 1 aromatic carbocycles. The molecule has 1 heterocycles. The molecule has 0 bridgehead atoms. The van der Waals surface area contributed by atoms with E-state index in [1.807, 2.05) is 24.3 Å². The van der Waals surface area contributed by atoms with Crippen LogP contribution in [0.4, 0.5) is 0 Å². The second-order valence-electron chi connectivity index (χ2n) is 4.44. The average molecular weight is 314 g/mol. The first kappa shape index (κ1) is 14.9. The molecule has 0 spiro atoms. The molecule has 0 aliphatic carbocycles. The fraction of sp³-hybridized carbons (Fsp3) is 0.333. The van der Waals surface area contributed by atoms with E-state index in [1.165, 1.54) is 4.88 Å². The van der Waals surface area contributed by atoms with E-state index in [0.29, 0.717) is 0 Å².